The molecule has 0 spiro atoms. The lowest BCUT2D eigenvalue weighted by Gasteiger charge is -2.35. The maximum absolute atomic E-state index is 12.7. The fourth-order valence-corrected chi connectivity index (χ4v) is 4.32. The predicted molar refractivity (Wildman–Crippen MR) is 88.4 cm³/mol. The summed E-state index contributed by atoms with van der Waals surface area (Å²) in [6, 6.07) is -0.731. The molecular formula is C13H23ClN4O5S. The molecule has 2 rings (SSSR count). The fraction of sp³-hybridized carbons (Fsp3) is 0.692. The molecule has 1 fully saturated rings. The van der Waals surface area contributed by atoms with Crippen molar-refractivity contribution in [3.8, 4) is 0 Å². The lowest BCUT2D eigenvalue weighted by Crippen LogP contribution is -2.55. The number of carbonyl (C=O) groups is 1. The van der Waals surface area contributed by atoms with Crippen LogP contribution in [0, 0.1) is 13.8 Å². The summed E-state index contributed by atoms with van der Waals surface area (Å²) in [5, 5.41) is 3.69. The monoisotopic (exact) mass is 382 g/mol. The molecule has 1 atom stereocenters. The second-order valence-electron chi connectivity index (χ2n) is 5.44. The van der Waals surface area contributed by atoms with Gasteiger partial charge in [-0.15, -0.1) is 12.4 Å². The third kappa shape index (κ3) is 4.06. The molecule has 1 unspecified atom stereocenters. The van der Waals surface area contributed by atoms with Crippen molar-refractivity contribution in [1.29, 1.82) is 0 Å². The van der Waals surface area contributed by atoms with Gasteiger partial charge in [0.2, 0.25) is 15.9 Å². The Hall–Kier alpha value is -1.20. The highest BCUT2D eigenvalue weighted by Crippen LogP contribution is 2.24. The zero-order valence-electron chi connectivity index (χ0n) is 13.9. The number of hydrogen-bond acceptors (Lipinski definition) is 7. The Labute approximate surface area is 147 Å². The summed E-state index contributed by atoms with van der Waals surface area (Å²) in [6.45, 7) is 4.28. The van der Waals surface area contributed by atoms with Crippen LogP contribution in [-0.2, 0) is 19.6 Å². The SMILES string of the molecule is COCC(N)C(=O)N1CCN(S(=O)(=O)c2c(C)noc2C)CC1.Cl. The number of aryl methyl sites for hydroxylation is 2. The molecule has 1 aliphatic heterocycles. The molecule has 0 bridgehead atoms. The van der Waals surface area contributed by atoms with Crippen molar-refractivity contribution >= 4 is 28.3 Å². The molecule has 0 aromatic carbocycles. The summed E-state index contributed by atoms with van der Waals surface area (Å²) < 4.78 is 36.5. The summed E-state index contributed by atoms with van der Waals surface area (Å²) in [4.78, 5) is 13.8. The normalized spacial score (nSPS) is 17.4. The number of nitrogens with zero attached hydrogens (tertiary/aromatic N) is 3. The molecule has 11 heteroatoms. The van der Waals surface area contributed by atoms with E-state index in [1.54, 1.807) is 18.7 Å². The average Bonchev–Trinajstić information content (AvgIpc) is 2.86. The van der Waals surface area contributed by atoms with E-state index in [1.165, 1.54) is 11.4 Å². The largest absolute Gasteiger partial charge is 0.383 e. The zero-order chi connectivity index (χ0) is 17.2. The molecule has 2 heterocycles. The Balaban J connectivity index is 0.00000288. The van der Waals surface area contributed by atoms with E-state index in [9.17, 15) is 13.2 Å². The van der Waals surface area contributed by atoms with Gasteiger partial charge in [0, 0.05) is 33.3 Å². The molecule has 0 aliphatic carbocycles. The highest BCUT2D eigenvalue weighted by molar-refractivity contribution is 7.89. The number of rotatable bonds is 5. The molecule has 24 heavy (non-hydrogen) atoms. The van der Waals surface area contributed by atoms with Crippen molar-refractivity contribution in [3.05, 3.63) is 11.5 Å². The zero-order valence-corrected chi connectivity index (χ0v) is 15.5. The summed E-state index contributed by atoms with van der Waals surface area (Å²) >= 11 is 0. The maximum atomic E-state index is 12.7. The van der Waals surface area contributed by atoms with Gasteiger partial charge in [0.1, 0.15) is 16.6 Å². The number of ether oxygens (including phenoxy) is 1. The van der Waals surface area contributed by atoms with Crippen molar-refractivity contribution in [2.75, 3.05) is 39.9 Å². The first-order valence-corrected chi connectivity index (χ1v) is 8.69. The van der Waals surface area contributed by atoms with Crippen LogP contribution in [0.2, 0.25) is 0 Å². The van der Waals surface area contributed by atoms with Gasteiger partial charge in [-0.1, -0.05) is 5.16 Å². The Bertz CT molecular complexity index is 650. The summed E-state index contributed by atoms with van der Waals surface area (Å²) in [7, 11) is -2.20. The number of carbonyl (C=O) groups excluding carboxylic acids is 1. The molecule has 1 amide bonds. The lowest BCUT2D eigenvalue weighted by atomic mass is 10.2. The van der Waals surface area contributed by atoms with Gasteiger partial charge in [-0.05, 0) is 13.8 Å². The van der Waals surface area contributed by atoms with Gasteiger partial charge in [0.05, 0.1) is 6.61 Å². The number of aromatic nitrogens is 1. The molecule has 1 aromatic rings. The van der Waals surface area contributed by atoms with Crippen LogP contribution in [0.4, 0.5) is 0 Å². The third-order valence-corrected chi connectivity index (χ3v) is 5.92. The van der Waals surface area contributed by atoms with E-state index in [4.69, 9.17) is 15.0 Å². The number of sulfonamides is 1. The minimum absolute atomic E-state index is 0. The number of halogens is 1. The van der Waals surface area contributed by atoms with Crippen LogP contribution in [-0.4, -0.2) is 74.6 Å². The van der Waals surface area contributed by atoms with E-state index in [0.717, 1.165) is 0 Å². The van der Waals surface area contributed by atoms with Crippen LogP contribution in [0.3, 0.4) is 0 Å². The van der Waals surface area contributed by atoms with E-state index in [0.29, 0.717) is 18.8 Å². The number of methoxy groups -OCH3 is 1. The summed E-state index contributed by atoms with van der Waals surface area (Å²) in [5.41, 5.74) is 6.06. The van der Waals surface area contributed by atoms with Gasteiger partial charge in [-0.2, -0.15) is 4.31 Å². The van der Waals surface area contributed by atoms with Gasteiger partial charge in [0.25, 0.3) is 0 Å². The second-order valence-corrected chi connectivity index (χ2v) is 7.32. The topological polar surface area (TPSA) is 119 Å². The molecule has 1 aliphatic rings. The first-order valence-electron chi connectivity index (χ1n) is 7.25. The van der Waals surface area contributed by atoms with Crippen molar-refractivity contribution in [3.63, 3.8) is 0 Å². The van der Waals surface area contributed by atoms with E-state index in [1.807, 2.05) is 0 Å². The van der Waals surface area contributed by atoms with E-state index >= 15 is 0 Å². The van der Waals surface area contributed by atoms with Crippen LogP contribution in [0.15, 0.2) is 9.42 Å². The maximum Gasteiger partial charge on any atom is 0.248 e. The fourth-order valence-electron chi connectivity index (χ4n) is 2.61. The van der Waals surface area contributed by atoms with Crippen LogP contribution in [0.1, 0.15) is 11.5 Å². The second kappa shape index (κ2) is 8.26. The van der Waals surface area contributed by atoms with Crippen molar-refractivity contribution in [2.45, 2.75) is 24.8 Å². The smallest absolute Gasteiger partial charge is 0.248 e. The molecule has 2 N–H and O–H groups in total. The number of hydrogen-bond donors (Lipinski definition) is 1. The highest BCUT2D eigenvalue weighted by atomic mass is 35.5. The van der Waals surface area contributed by atoms with Gasteiger partial charge < -0.3 is 19.9 Å². The number of piperazine rings is 1. The van der Waals surface area contributed by atoms with Crippen molar-refractivity contribution in [1.82, 2.24) is 14.4 Å². The summed E-state index contributed by atoms with van der Waals surface area (Å²) in [5.74, 6) is 0.0318. The van der Waals surface area contributed by atoms with Gasteiger partial charge in [-0.3, -0.25) is 4.79 Å². The number of amides is 1. The first kappa shape index (κ1) is 20.8. The van der Waals surface area contributed by atoms with E-state index in [2.05, 4.69) is 5.16 Å². The standard InChI is InChI=1S/C13H22N4O5S.ClH/c1-9-12(10(2)22-15-9)23(19,20)17-6-4-16(5-7-17)13(18)11(14)8-21-3;/h11H,4-8,14H2,1-3H3;1H. The Morgan fingerprint density at radius 1 is 1.33 bits per heavy atom. The Kier molecular flexibility index (Phi) is 7.17. The minimum atomic E-state index is -3.68. The van der Waals surface area contributed by atoms with Crippen molar-refractivity contribution < 1.29 is 22.5 Å². The number of nitrogens with two attached hydrogens (primary N) is 1. The Morgan fingerprint density at radius 3 is 2.38 bits per heavy atom. The predicted octanol–water partition coefficient (Wildman–Crippen LogP) is -0.480. The van der Waals surface area contributed by atoms with Crippen molar-refractivity contribution in [2.24, 2.45) is 5.73 Å². The van der Waals surface area contributed by atoms with E-state index < -0.39 is 16.1 Å². The van der Waals surface area contributed by atoms with Gasteiger partial charge >= 0.3 is 0 Å². The molecule has 1 aromatic heterocycles. The minimum Gasteiger partial charge on any atom is -0.383 e. The summed E-state index contributed by atoms with van der Waals surface area (Å²) in [6.07, 6.45) is 0. The van der Waals surface area contributed by atoms with Crippen LogP contribution < -0.4 is 5.73 Å². The average molecular weight is 383 g/mol. The quantitative estimate of drug-likeness (QED) is 0.730. The Morgan fingerprint density at radius 2 is 1.92 bits per heavy atom. The first-order chi connectivity index (χ1) is 10.8. The van der Waals surface area contributed by atoms with E-state index in [-0.39, 0.29) is 48.7 Å². The van der Waals surface area contributed by atoms with Crippen LogP contribution in [0.25, 0.3) is 0 Å². The molecule has 0 radical (unpaired) electrons. The highest BCUT2D eigenvalue weighted by Gasteiger charge is 2.34. The van der Waals surface area contributed by atoms with Crippen LogP contribution in [0.5, 0.6) is 0 Å². The molecule has 9 nitrogen and oxygen atoms in total. The van der Waals surface area contributed by atoms with Crippen LogP contribution >= 0.6 is 12.4 Å². The third-order valence-electron chi connectivity index (χ3n) is 3.78. The van der Waals surface area contributed by atoms with Gasteiger partial charge in [-0.25, -0.2) is 8.42 Å². The molecule has 138 valence electrons. The van der Waals surface area contributed by atoms with Gasteiger partial charge in [0.15, 0.2) is 5.76 Å². The molecule has 1 saturated heterocycles. The molecular weight excluding hydrogens is 360 g/mol. The lowest BCUT2D eigenvalue weighted by molar-refractivity contribution is -0.134. The molecule has 0 saturated carbocycles.